The average Bonchev–Trinajstić information content (AvgIpc) is 2.54. The molecule has 1 aromatic heterocycles. The van der Waals surface area contributed by atoms with E-state index >= 15 is 0 Å². The summed E-state index contributed by atoms with van der Waals surface area (Å²) in [6, 6.07) is 16.2. The zero-order valence-electron chi connectivity index (χ0n) is 12.7. The lowest BCUT2D eigenvalue weighted by molar-refractivity contribution is 1.22. The number of rotatable bonds is 3. The molecule has 0 saturated carbocycles. The summed E-state index contributed by atoms with van der Waals surface area (Å²) in [5.41, 5.74) is 3.58. The van der Waals surface area contributed by atoms with Gasteiger partial charge in [-0.2, -0.15) is 5.26 Å². The summed E-state index contributed by atoms with van der Waals surface area (Å²) in [5, 5.41) is 11.1. The van der Waals surface area contributed by atoms with Crippen LogP contribution in [0, 0.1) is 11.3 Å². The number of hydrogen-bond donors (Lipinski definition) is 0. The van der Waals surface area contributed by atoms with Gasteiger partial charge in [0.2, 0.25) is 0 Å². The van der Waals surface area contributed by atoms with Crippen LogP contribution in [-0.2, 0) is 6.42 Å². The van der Waals surface area contributed by atoms with Crippen molar-refractivity contribution in [3.63, 3.8) is 0 Å². The van der Waals surface area contributed by atoms with Crippen LogP contribution in [0.25, 0.3) is 22.5 Å². The molecular formula is C19H10Cl4N2. The largest absolute Gasteiger partial charge is 0.248 e. The van der Waals surface area contributed by atoms with Gasteiger partial charge in [0.1, 0.15) is 0 Å². The Morgan fingerprint density at radius 1 is 0.760 bits per heavy atom. The number of halogens is 4. The van der Waals surface area contributed by atoms with Crippen LogP contribution >= 0.6 is 46.4 Å². The minimum atomic E-state index is 0.249. The van der Waals surface area contributed by atoms with Crippen LogP contribution in [0.3, 0.4) is 0 Å². The SMILES string of the molecule is N#CCc1cc(-c2ccc(Cl)cc2Cl)nc(-c2ccc(Cl)cc2Cl)c1. The van der Waals surface area contributed by atoms with E-state index in [9.17, 15) is 0 Å². The van der Waals surface area contributed by atoms with Crippen LogP contribution in [0.5, 0.6) is 0 Å². The molecule has 0 atom stereocenters. The summed E-state index contributed by atoms with van der Waals surface area (Å²) in [6.45, 7) is 0. The van der Waals surface area contributed by atoms with Gasteiger partial charge in [0.15, 0.2) is 0 Å². The number of pyridine rings is 1. The number of nitriles is 1. The zero-order chi connectivity index (χ0) is 18.0. The normalized spacial score (nSPS) is 10.5. The first kappa shape index (κ1) is 18.0. The molecule has 0 bridgehead atoms. The second-order valence-electron chi connectivity index (χ2n) is 5.33. The lowest BCUT2D eigenvalue weighted by Gasteiger charge is -2.11. The molecule has 1 heterocycles. The molecule has 25 heavy (non-hydrogen) atoms. The van der Waals surface area contributed by atoms with E-state index in [2.05, 4.69) is 11.1 Å². The summed E-state index contributed by atoms with van der Waals surface area (Å²) in [4.78, 5) is 4.67. The van der Waals surface area contributed by atoms with Crippen LogP contribution in [0.1, 0.15) is 5.56 Å². The second kappa shape index (κ2) is 7.64. The van der Waals surface area contributed by atoms with Crippen molar-refractivity contribution in [3.05, 3.63) is 74.2 Å². The number of nitrogens with zero attached hydrogens (tertiary/aromatic N) is 2. The maximum Gasteiger partial charge on any atom is 0.0727 e. The lowest BCUT2D eigenvalue weighted by atomic mass is 10.0. The maximum atomic E-state index is 9.07. The Balaban J connectivity index is 2.20. The summed E-state index contributed by atoms with van der Waals surface area (Å²) < 4.78 is 0. The van der Waals surface area contributed by atoms with E-state index in [1.165, 1.54) is 0 Å². The smallest absolute Gasteiger partial charge is 0.0727 e. The fourth-order valence-corrected chi connectivity index (χ4v) is 3.46. The van der Waals surface area contributed by atoms with E-state index in [0.29, 0.717) is 31.5 Å². The maximum absolute atomic E-state index is 9.07. The molecule has 3 aromatic rings. The van der Waals surface area contributed by atoms with Crippen LogP contribution < -0.4 is 0 Å². The molecule has 124 valence electrons. The van der Waals surface area contributed by atoms with Crippen molar-refractivity contribution in [1.29, 1.82) is 5.26 Å². The molecule has 2 nitrogen and oxygen atoms in total. The minimum absolute atomic E-state index is 0.249. The molecule has 2 aromatic carbocycles. The van der Waals surface area contributed by atoms with Crippen LogP contribution in [0.15, 0.2) is 48.5 Å². The Bertz CT molecular complexity index is 923. The van der Waals surface area contributed by atoms with Gasteiger partial charge >= 0.3 is 0 Å². The van der Waals surface area contributed by atoms with Crippen molar-refractivity contribution >= 4 is 46.4 Å². The number of aromatic nitrogens is 1. The fraction of sp³-hybridized carbons (Fsp3) is 0.0526. The standard InChI is InChI=1S/C19H10Cl4N2/c20-12-1-3-14(16(22)9-12)18-7-11(5-6-24)8-19(25-18)15-4-2-13(21)10-17(15)23/h1-4,7-10H,5H2. The van der Waals surface area contributed by atoms with Crippen molar-refractivity contribution in [2.24, 2.45) is 0 Å². The lowest BCUT2D eigenvalue weighted by Crippen LogP contribution is -1.94. The summed E-state index contributed by atoms with van der Waals surface area (Å²) in [7, 11) is 0. The van der Waals surface area contributed by atoms with Crippen molar-refractivity contribution in [2.45, 2.75) is 6.42 Å². The molecule has 0 radical (unpaired) electrons. The Hall–Kier alpha value is -1.76. The summed E-state index contributed by atoms with van der Waals surface area (Å²) in [6.07, 6.45) is 0.249. The van der Waals surface area contributed by atoms with Crippen molar-refractivity contribution in [3.8, 4) is 28.6 Å². The third-order valence-electron chi connectivity index (χ3n) is 3.58. The Morgan fingerprint density at radius 2 is 1.24 bits per heavy atom. The predicted molar refractivity (Wildman–Crippen MR) is 104 cm³/mol. The third-order valence-corrected chi connectivity index (χ3v) is 4.68. The van der Waals surface area contributed by atoms with Gasteiger partial charge in [0.25, 0.3) is 0 Å². The zero-order valence-corrected chi connectivity index (χ0v) is 15.8. The molecule has 0 amide bonds. The van der Waals surface area contributed by atoms with E-state index in [0.717, 1.165) is 16.7 Å². The first-order valence-corrected chi connectivity index (χ1v) is 8.78. The molecule has 0 saturated heterocycles. The number of hydrogen-bond acceptors (Lipinski definition) is 2. The molecule has 0 unspecified atom stereocenters. The molecule has 0 aliphatic carbocycles. The average molecular weight is 408 g/mol. The second-order valence-corrected chi connectivity index (χ2v) is 7.02. The molecule has 3 rings (SSSR count). The topological polar surface area (TPSA) is 36.7 Å². The predicted octanol–water partition coefficient (Wildman–Crippen LogP) is 7.10. The Kier molecular flexibility index (Phi) is 5.51. The van der Waals surface area contributed by atoms with Crippen LogP contribution in [0.2, 0.25) is 20.1 Å². The van der Waals surface area contributed by atoms with Gasteiger partial charge in [0, 0.05) is 21.2 Å². The molecular weight excluding hydrogens is 398 g/mol. The monoisotopic (exact) mass is 406 g/mol. The van der Waals surface area contributed by atoms with Gasteiger partial charge in [-0.25, -0.2) is 4.98 Å². The Morgan fingerprint density at radius 3 is 1.64 bits per heavy atom. The van der Waals surface area contributed by atoms with Gasteiger partial charge in [-0.15, -0.1) is 0 Å². The van der Waals surface area contributed by atoms with Crippen molar-refractivity contribution in [2.75, 3.05) is 0 Å². The van der Waals surface area contributed by atoms with E-state index in [1.54, 1.807) is 36.4 Å². The summed E-state index contributed by atoms with van der Waals surface area (Å²) >= 11 is 24.6. The molecule has 0 aliphatic rings. The highest BCUT2D eigenvalue weighted by Gasteiger charge is 2.12. The minimum Gasteiger partial charge on any atom is -0.248 e. The Labute approximate surface area is 165 Å². The molecule has 0 N–H and O–H groups in total. The van der Waals surface area contributed by atoms with Crippen LogP contribution in [0.4, 0.5) is 0 Å². The quantitative estimate of drug-likeness (QED) is 0.464. The first-order valence-electron chi connectivity index (χ1n) is 7.26. The third kappa shape index (κ3) is 4.08. The van der Waals surface area contributed by atoms with Crippen molar-refractivity contribution in [1.82, 2.24) is 4.98 Å². The van der Waals surface area contributed by atoms with E-state index < -0.39 is 0 Å². The highest BCUT2D eigenvalue weighted by Crippen LogP contribution is 2.34. The van der Waals surface area contributed by atoms with E-state index in [4.69, 9.17) is 51.7 Å². The molecule has 6 heteroatoms. The van der Waals surface area contributed by atoms with Gasteiger partial charge in [0.05, 0.1) is 33.9 Å². The fourth-order valence-electron chi connectivity index (χ4n) is 2.45. The van der Waals surface area contributed by atoms with Gasteiger partial charge in [-0.05, 0) is 54.1 Å². The van der Waals surface area contributed by atoms with E-state index in [-0.39, 0.29) is 6.42 Å². The first-order chi connectivity index (χ1) is 12.0. The molecule has 0 aliphatic heterocycles. The van der Waals surface area contributed by atoms with Crippen LogP contribution in [-0.4, -0.2) is 4.98 Å². The van der Waals surface area contributed by atoms with Crippen molar-refractivity contribution < 1.29 is 0 Å². The molecule has 0 fully saturated rings. The van der Waals surface area contributed by atoms with Gasteiger partial charge in [-0.1, -0.05) is 46.4 Å². The number of benzene rings is 2. The summed E-state index contributed by atoms with van der Waals surface area (Å²) in [5.74, 6) is 0. The molecule has 0 spiro atoms. The van der Waals surface area contributed by atoms with Gasteiger partial charge in [-0.3, -0.25) is 0 Å². The van der Waals surface area contributed by atoms with Gasteiger partial charge < -0.3 is 0 Å². The van der Waals surface area contributed by atoms with E-state index in [1.807, 2.05) is 12.1 Å². The highest BCUT2D eigenvalue weighted by atomic mass is 35.5. The highest BCUT2D eigenvalue weighted by molar-refractivity contribution is 6.37.